The molecule has 1 aliphatic heterocycles. The molecule has 10 heteroatoms. The van der Waals surface area contributed by atoms with Crippen molar-refractivity contribution in [3.63, 3.8) is 0 Å². The lowest BCUT2D eigenvalue weighted by atomic mass is 9.96. The van der Waals surface area contributed by atoms with E-state index in [-0.39, 0.29) is 0 Å². The Morgan fingerprint density at radius 2 is 2.04 bits per heavy atom. The van der Waals surface area contributed by atoms with Crippen molar-refractivity contribution in [3.05, 3.63) is 23.8 Å². The summed E-state index contributed by atoms with van der Waals surface area (Å²) in [5, 5.41) is 14.0. The van der Waals surface area contributed by atoms with Crippen molar-refractivity contribution in [3.8, 4) is 5.88 Å². The molecule has 0 aliphatic carbocycles. The lowest BCUT2D eigenvalue weighted by molar-refractivity contribution is 0.179. The quantitative estimate of drug-likeness (QED) is 0.675. The summed E-state index contributed by atoms with van der Waals surface area (Å²) in [5.41, 5.74) is 0.742. The maximum atomic E-state index is 5.21. The largest absolute Gasteiger partial charge is 0.480 e. The first kappa shape index (κ1) is 16.2. The molecular weight excluding hydrogens is 342 g/mol. The number of methoxy groups -OCH3 is 2. The lowest BCUT2D eigenvalue weighted by Crippen LogP contribution is -2.33. The zero-order chi connectivity index (χ0) is 17.2. The number of hydrogen-bond acceptors (Lipinski definition) is 9. The van der Waals surface area contributed by atoms with Crippen LogP contribution < -0.4 is 9.64 Å². The van der Waals surface area contributed by atoms with Crippen LogP contribution in [-0.4, -0.2) is 56.5 Å². The molecular formula is C15H19N7O2S. The molecule has 0 atom stereocenters. The number of piperidine rings is 1. The van der Waals surface area contributed by atoms with Gasteiger partial charge in [0.25, 0.3) is 0 Å². The summed E-state index contributed by atoms with van der Waals surface area (Å²) >= 11 is 1.42. The Bertz CT molecular complexity index is 857. The van der Waals surface area contributed by atoms with Crippen LogP contribution in [0.5, 0.6) is 5.88 Å². The van der Waals surface area contributed by atoms with Gasteiger partial charge in [-0.3, -0.25) is 0 Å². The number of aromatic nitrogens is 6. The number of anilines is 1. The minimum atomic E-state index is 0.317. The number of hydrogen-bond donors (Lipinski definition) is 0. The van der Waals surface area contributed by atoms with E-state index in [1.807, 2.05) is 6.07 Å². The first-order valence-electron chi connectivity index (χ1n) is 8.11. The standard InChI is InChI=1S/C15H19N7O2S/c1-23-9-11-16-15(25-20-11)21-7-5-10(6-8-21)14-18-17-12-3-4-13(24-2)19-22(12)14/h3-4,10H,5-9H2,1-2H3. The Morgan fingerprint density at radius 1 is 1.20 bits per heavy atom. The van der Waals surface area contributed by atoms with E-state index < -0.39 is 0 Å². The number of fused-ring (bicyclic) bond motifs is 1. The molecule has 3 aromatic rings. The predicted molar refractivity (Wildman–Crippen MR) is 92.1 cm³/mol. The Morgan fingerprint density at radius 3 is 2.80 bits per heavy atom. The fourth-order valence-electron chi connectivity index (χ4n) is 3.04. The Hall–Kier alpha value is -2.33. The van der Waals surface area contributed by atoms with Gasteiger partial charge in [0.1, 0.15) is 6.61 Å². The maximum Gasteiger partial charge on any atom is 0.231 e. The molecule has 0 aromatic carbocycles. The molecule has 0 saturated carbocycles. The second-order valence-corrected chi connectivity index (χ2v) is 6.62. The van der Waals surface area contributed by atoms with E-state index in [9.17, 15) is 0 Å². The van der Waals surface area contributed by atoms with Gasteiger partial charge in [0, 0.05) is 43.7 Å². The summed E-state index contributed by atoms with van der Waals surface area (Å²) in [4.78, 5) is 6.80. The SMILES string of the molecule is COCc1nsc(N2CCC(c3nnc4ccc(OC)nn34)CC2)n1. The molecule has 132 valence electrons. The zero-order valence-corrected chi connectivity index (χ0v) is 14.9. The molecule has 9 nitrogen and oxygen atoms in total. The second kappa shape index (κ2) is 6.89. The van der Waals surface area contributed by atoms with Crippen LogP contribution in [0.15, 0.2) is 12.1 Å². The van der Waals surface area contributed by atoms with Crippen LogP contribution in [0.4, 0.5) is 5.13 Å². The number of rotatable bonds is 5. The summed E-state index contributed by atoms with van der Waals surface area (Å²) < 4.78 is 16.4. The Kier molecular flexibility index (Phi) is 4.45. The highest BCUT2D eigenvalue weighted by atomic mass is 32.1. The van der Waals surface area contributed by atoms with Crippen LogP contribution in [0.1, 0.15) is 30.4 Å². The molecule has 1 fully saturated rings. The topological polar surface area (TPSA) is 90.6 Å². The number of nitrogens with zero attached hydrogens (tertiary/aromatic N) is 7. The second-order valence-electron chi connectivity index (χ2n) is 5.89. The van der Waals surface area contributed by atoms with Crippen molar-refractivity contribution in [1.82, 2.24) is 29.2 Å². The van der Waals surface area contributed by atoms with Gasteiger partial charge in [-0.15, -0.1) is 15.3 Å². The third kappa shape index (κ3) is 3.14. The van der Waals surface area contributed by atoms with E-state index in [4.69, 9.17) is 9.47 Å². The van der Waals surface area contributed by atoms with Gasteiger partial charge in [-0.05, 0) is 18.9 Å². The van der Waals surface area contributed by atoms with Crippen LogP contribution in [0.2, 0.25) is 0 Å². The van der Waals surface area contributed by atoms with Gasteiger partial charge < -0.3 is 14.4 Å². The van der Waals surface area contributed by atoms with Crippen molar-refractivity contribution in [2.75, 3.05) is 32.2 Å². The number of ether oxygens (including phenoxy) is 2. The summed E-state index contributed by atoms with van der Waals surface area (Å²) in [7, 11) is 3.26. The molecule has 25 heavy (non-hydrogen) atoms. The summed E-state index contributed by atoms with van der Waals surface area (Å²) in [6.07, 6.45) is 1.94. The summed E-state index contributed by atoms with van der Waals surface area (Å²) in [6, 6.07) is 3.67. The van der Waals surface area contributed by atoms with Gasteiger partial charge in [0.15, 0.2) is 17.3 Å². The van der Waals surface area contributed by atoms with Gasteiger partial charge >= 0.3 is 0 Å². The first-order chi connectivity index (χ1) is 12.3. The molecule has 1 saturated heterocycles. The Balaban J connectivity index is 1.48. The van der Waals surface area contributed by atoms with Crippen LogP contribution in [-0.2, 0) is 11.3 Å². The molecule has 0 N–H and O–H groups in total. The van der Waals surface area contributed by atoms with E-state index in [2.05, 4.69) is 29.6 Å². The molecule has 0 bridgehead atoms. The molecule has 0 unspecified atom stereocenters. The normalized spacial score (nSPS) is 15.8. The smallest absolute Gasteiger partial charge is 0.231 e. The average molecular weight is 361 g/mol. The average Bonchev–Trinajstić information content (AvgIpc) is 3.28. The van der Waals surface area contributed by atoms with Crippen molar-refractivity contribution in [1.29, 1.82) is 0 Å². The molecule has 0 amide bonds. The van der Waals surface area contributed by atoms with Gasteiger partial charge in [-0.25, -0.2) is 4.98 Å². The van der Waals surface area contributed by atoms with Crippen molar-refractivity contribution < 1.29 is 9.47 Å². The minimum Gasteiger partial charge on any atom is -0.480 e. The molecule has 1 aliphatic rings. The van der Waals surface area contributed by atoms with E-state index in [1.54, 1.807) is 24.8 Å². The summed E-state index contributed by atoms with van der Waals surface area (Å²) in [6.45, 7) is 2.27. The lowest BCUT2D eigenvalue weighted by Gasteiger charge is -2.30. The van der Waals surface area contributed by atoms with Crippen LogP contribution in [0.25, 0.3) is 5.65 Å². The van der Waals surface area contributed by atoms with Gasteiger partial charge in [0.2, 0.25) is 11.0 Å². The van der Waals surface area contributed by atoms with E-state index in [1.165, 1.54) is 11.5 Å². The van der Waals surface area contributed by atoms with Crippen molar-refractivity contribution in [2.24, 2.45) is 0 Å². The summed E-state index contributed by atoms with van der Waals surface area (Å²) in [5.74, 6) is 2.51. The van der Waals surface area contributed by atoms with Crippen molar-refractivity contribution >= 4 is 22.3 Å². The molecule has 4 heterocycles. The fraction of sp³-hybridized carbons (Fsp3) is 0.533. The third-order valence-electron chi connectivity index (χ3n) is 4.33. The van der Waals surface area contributed by atoms with Gasteiger partial charge in [-0.1, -0.05) is 0 Å². The van der Waals surface area contributed by atoms with Gasteiger partial charge in [0.05, 0.1) is 7.11 Å². The molecule has 0 radical (unpaired) electrons. The van der Waals surface area contributed by atoms with Gasteiger partial charge in [-0.2, -0.15) is 8.89 Å². The highest BCUT2D eigenvalue weighted by Gasteiger charge is 2.26. The monoisotopic (exact) mass is 361 g/mol. The third-order valence-corrected chi connectivity index (χ3v) is 5.15. The fourth-order valence-corrected chi connectivity index (χ4v) is 3.77. The van der Waals surface area contributed by atoms with E-state index in [0.717, 1.165) is 48.4 Å². The van der Waals surface area contributed by atoms with E-state index >= 15 is 0 Å². The predicted octanol–water partition coefficient (Wildman–Crippen LogP) is 1.51. The highest BCUT2D eigenvalue weighted by molar-refractivity contribution is 7.09. The first-order valence-corrected chi connectivity index (χ1v) is 8.88. The van der Waals surface area contributed by atoms with Crippen LogP contribution in [0, 0.1) is 0 Å². The zero-order valence-electron chi connectivity index (χ0n) is 14.1. The van der Waals surface area contributed by atoms with Crippen molar-refractivity contribution in [2.45, 2.75) is 25.4 Å². The minimum absolute atomic E-state index is 0.317. The molecule has 0 spiro atoms. The van der Waals surface area contributed by atoms with Crippen LogP contribution in [0.3, 0.4) is 0 Å². The molecule has 4 rings (SSSR count). The maximum absolute atomic E-state index is 5.21. The highest BCUT2D eigenvalue weighted by Crippen LogP contribution is 2.30. The van der Waals surface area contributed by atoms with E-state index in [0.29, 0.717) is 18.4 Å². The van der Waals surface area contributed by atoms with Crippen LogP contribution >= 0.6 is 11.5 Å². The Labute approximate surface area is 148 Å². The molecule has 3 aromatic heterocycles.